The molecule has 1 aromatic carbocycles. The van der Waals surface area contributed by atoms with E-state index in [1.165, 1.54) is 25.1 Å². The standard InChI is InChI=1S/C27H35N5O9/c1-31(2)15-9-14(30-16(34)10-29-5-6-33)21(35)18-12(15)7-11-8-13-20(32(3)4)23(37)19(26(28)40)25(39)27(13,41)24(38)17(11)22(18)36/h9,11,13,20,29,33,35-36,39,41H,5-8,10H2,1-4H3,(H2,28,40)(H,30,34)/t11?,13?,20-,27-/m0/s1. The summed E-state index contributed by atoms with van der Waals surface area (Å²) in [5.74, 6) is -8.03. The molecule has 14 nitrogen and oxygen atoms in total. The monoisotopic (exact) mass is 573 g/mol. The van der Waals surface area contributed by atoms with Gasteiger partial charge in [0.15, 0.2) is 11.4 Å². The second-order valence-corrected chi connectivity index (χ2v) is 10.9. The van der Waals surface area contributed by atoms with Crippen molar-refractivity contribution in [3.8, 4) is 5.75 Å². The van der Waals surface area contributed by atoms with Crippen LogP contribution in [0.15, 0.2) is 23.0 Å². The van der Waals surface area contributed by atoms with Crippen LogP contribution in [0.3, 0.4) is 0 Å². The van der Waals surface area contributed by atoms with E-state index < -0.39 is 69.7 Å². The third kappa shape index (κ3) is 4.62. The van der Waals surface area contributed by atoms with Crippen LogP contribution in [0.2, 0.25) is 0 Å². The number of nitrogens with two attached hydrogens (primary N) is 1. The number of nitrogens with zero attached hydrogens (tertiary/aromatic N) is 2. The molecule has 4 rings (SSSR count). The van der Waals surface area contributed by atoms with Gasteiger partial charge >= 0.3 is 0 Å². The van der Waals surface area contributed by atoms with Gasteiger partial charge in [-0.05, 0) is 44.5 Å². The topological polar surface area (TPSA) is 226 Å². The molecule has 3 aliphatic carbocycles. The summed E-state index contributed by atoms with van der Waals surface area (Å²) in [5.41, 5.74) is 2.24. The van der Waals surface area contributed by atoms with E-state index in [-0.39, 0.29) is 49.4 Å². The largest absolute Gasteiger partial charge is 0.508 e. The molecule has 0 spiro atoms. The van der Waals surface area contributed by atoms with Crippen molar-refractivity contribution in [2.24, 2.45) is 17.6 Å². The number of hydrogen-bond donors (Lipinski definition) is 8. The number of amides is 2. The minimum absolute atomic E-state index is 0.0333. The van der Waals surface area contributed by atoms with Crippen molar-refractivity contribution in [3.05, 3.63) is 34.1 Å². The van der Waals surface area contributed by atoms with Crippen LogP contribution in [0.1, 0.15) is 17.5 Å². The molecule has 1 saturated carbocycles. The zero-order valence-corrected chi connectivity index (χ0v) is 23.2. The molecule has 2 amide bonds. The fourth-order valence-corrected chi connectivity index (χ4v) is 6.26. The molecular weight excluding hydrogens is 538 g/mol. The molecule has 9 N–H and O–H groups in total. The Morgan fingerprint density at radius 2 is 1.80 bits per heavy atom. The van der Waals surface area contributed by atoms with Gasteiger partial charge in [-0.15, -0.1) is 0 Å². The summed E-state index contributed by atoms with van der Waals surface area (Å²) < 4.78 is 0. The van der Waals surface area contributed by atoms with Crippen LogP contribution in [-0.2, 0) is 25.6 Å². The van der Waals surface area contributed by atoms with Crippen molar-refractivity contribution in [1.29, 1.82) is 0 Å². The molecule has 1 aromatic rings. The van der Waals surface area contributed by atoms with Gasteiger partial charge < -0.3 is 46.8 Å². The van der Waals surface area contributed by atoms with Crippen molar-refractivity contribution >= 4 is 40.5 Å². The number of ketones is 2. The SMILES string of the molecule is CN(C)c1cc(NC(=O)CNCCO)c(O)c2c1CC1CC3[C@H](N(C)C)C(=O)C(C(N)=O)=C(O)[C@@]3(O)C(=O)C1=C2O. The van der Waals surface area contributed by atoms with E-state index in [1.54, 1.807) is 19.0 Å². The van der Waals surface area contributed by atoms with Crippen LogP contribution in [0, 0.1) is 11.8 Å². The number of phenols is 1. The van der Waals surface area contributed by atoms with E-state index in [9.17, 15) is 39.6 Å². The Morgan fingerprint density at radius 1 is 1.15 bits per heavy atom. The van der Waals surface area contributed by atoms with Gasteiger partial charge in [0.2, 0.25) is 11.7 Å². The number of fused-ring (bicyclic) bond motifs is 3. The molecule has 14 heteroatoms. The maximum atomic E-state index is 14.0. The minimum atomic E-state index is -2.74. The van der Waals surface area contributed by atoms with Gasteiger partial charge in [0.1, 0.15) is 22.8 Å². The molecule has 0 saturated heterocycles. The number of rotatable bonds is 8. The zero-order valence-electron chi connectivity index (χ0n) is 23.2. The lowest BCUT2D eigenvalue weighted by atomic mass is 9.57. The van der Waals surface area contributed by atoms with Crippen LogP contribution >= 0.6 is 0 Å². The fraction of sp³-hybridized carbons (Fsp3) is 0.481. The number of carbonyl (C=O) groups excluding carboxylic acids is 4. The highest BCUT2D eigenvalue weighted by Crippen LogP contribution is 2.54. The quantitative estimate of drug-likeness (QED) is 0.102. The van der Waals surface area contributed by atoms with Gasteiger partial charge in [-0.2, -0.15) is 0 Å². The molecule has 41 heavy (non-hydrogen) atoms. The molecule has 0 bridgehead atoms. The third-order valence-electron chi connectivity index (χ3n) is 8.03. The Labute approximate surface area is 235 Å². The second-order valence-electron chi connectivity index (χ2n) is 10.9. The van der Waals surface area contributed by atoms with Crippen molar-refractivity contribution in [2.75, 3.05) is 58.1 Å². The number of likely N-dealkylation sites (N-methyl/N-ethyl adjacent to an activating group) is 1. The predicted molar refractivity (Wildman–Crippen MR) is 147 cm³/mol. The first-order chi connectivity index (χ1) is 19.2. The number of carbonyl (C=O) groups is 4. The molecule has 222 valence electrons. The fourth-order valence-electron chi connectivity index (χ4n) is 6.26. The Bertz CT molecular complexity index is 1400. The number of anilines is 2. The lowest BCUT2D eigenvalue weighted by molar-refractivity contribution is -0.153. The maximum absolute atomic E-state index is 14.0. The molecule has 0 heterocycles. The van der Waals surface area contributed by atoms with Crippen LogP contribution in [0.4, 0.5) is 11.4 Å². The smallest absolute Gasteiger partial charge is 0.255 e. The summed E-state index contributed by atoms with van der Waals surface area (Å²) in [5, 5.41) is 59.5. The van der Waals surface area contributed by atoms with Crippen molar-refractivity contribution in [1.82, 2.24) is 10.2 Å². The number of aromatic hydroxyl groups is 1. The molecule has 0 aliphatic heterocycles. The summed E-state index contributed by atoms with van der Waals surface area (Å²) in [6.07, 6.45) is 0.0797. The highest BCUT2D eigenvalue weighted by molar-refractivity contribution is 6.24. The highest BCUT2D eigenvalue weighted by Gasteiger charge is 2.64. The number of primary amides is 1. The molecule has 1 fully saturated rings. The number of aliphatic hydroxyl groups excluding tert-OH is 3. The lowest BCUT2D eigenvalue weighted by Crippen LogP contribution is -2.65. The average Bonchev–Trinajstić information content (AvgIpc) is 2.87. The summed E-state index contributed by atoms with van der Waals surface area (Å²) in [4.78, 5) is 54.9. The molecular formula is C27H35N5O9. The summed E-state index contributed by atoms with van der Waals surface area (Å²) >= 11 is 0. The van der Waals surface area contributed by atoms with Gasteiger partial charge in [0.25, 0.3) is 5.91 Å². The Hall–Kier alpha value is -3.98. The lowest BCUT2D eigenvalue weighted by Gasteiger charge is -2.50. The molecule has 3 aliphatic rings. The number of phenolic OH excluding ortho intramolecular Hbond substituents is 1. The van der Waals surface area contributed by atoms with Gasteiger partial charge in [-0.3, -0.25) is 24.1 Å². The number of Topliss-reactive ketones (excluding diaryl/α,β-unsaturated/α-hetero) is 2. The van der Waals surface area contributed by atoms with Gasteiger partial charge in [0, 0.05) is 37.8 Å². The van der Waals surface area contributed by atoms with E-state index in [0.717, 1.165) is 0 Å². The van der Waals surface area contributed by atoms with E-state index in [1.807, 2.05) is 0 Å². The average molecular weight is 574 g/mol. The molecule has 0 aromatic heterocycles. The van der Waals surface area contributed by atoms with Crippen molar-refractivity contribution < 1.29 is 44.7 Å². The Balaban J connectivity index is 1.90. The van der Waals surface area contributed by atoms with Gasteiger partial charge in [0.05, 0.1) is 30.4 Å². The van der Waals surface area contributed by atoms with Crippen molar-refractivity contribution in [3.63, 3.8) is 0 Å². The van der Waals surface area contributed by atoms with E-state index >= 15 is 0 Å². The zero-order chi connectivity index (χ0) is 30.5. The first-order valence-electron chi connectivity index (χ1n) is 13.0. The number of aliphatic hydroxyl groups is 4. The van der Waals surface area contributed by atoms with Crippen molar-refractivity contribution in [2.45, 2.75) is 24.5 Å². The van der Waals surface area contributed by atoms with E-state index in [2.05, 4.69) is 10.6 Å². The first kappa shape index (κ1) is 30.0. The predicted octanol–water partition coefficient (Wildman–Crippen LogP) is -1.45. The number of benzene rings is 1. The first-order valence-corrected chi connectivity index (χ1v) is 13.0. The molecule has 4 atom stereocenters. The minimum Gasteiger partial charge on any atom is -0.508 e. The Kier molecular flexibility index (Phi) is 7.88. The molecule has 2 unspecified atom stereocenters. The van der Waals surface area contributed by atoms with Crippen LogP contribution in [0.25, 0.3) is 5.76 Å². The van der Waals surface area contributed by atoms with Gasteiger partial charge in [-0.25, -0.2) is 0 Å². The summed E-state index contributed by atoms with van der Waals surface area (Å²) in [6.45, 7) is -0.178. The van der Waals surface area contributed by atoms with Crippen LogP contribution in [0.5, 0.6) is 5.75 Å². The maximum Gasteiger partial charge on any atom is 0.255 e. The Morgan fingerprint density at radius 3 is 2.37 bits per heavy atom. The number of hydrogen-bond acceptors (Lipinski definition) is 12. The van der Waals surface area contributed by atoms with Crippen LogP contribution < -0.4 is 21.3 Å². The molecule has 0 radical (unpaired) electrons. The third-order valence-corrected chi connectivity index (χ3v) is 8.03. The van der Waals surface area contributed by atoms with E-state index in [4.69, 9.17) is 10.8 Å². The second kappa shape index (κ2) is 10.8. The van der Waals surface area contributed by atoms with Gasteiger partial charge in [-0.1, -0.05) is 0 Å². The highest BCUT2D eigenvalue weighted by atomic mass is 16.3. The van der Waals surface area contributed by atoms with E-state index in [0.29, 0.717) is 11.3 Å². The normalized spacial score (nSPS) is 25.6. The summed E-state index contributed by atoms with van der Waals surface area (Å²) in [6, 6.07) is 0.351. The number of nitrogens with one attached hydrogen (secondary N) is 2. The summed E-state index contributed by atoms with van der Waals surface area (Å²) in [7, 11) is 6.51. The van der Waals surface area contributed by atoms with Crippen LogP contribution in [-0.4, -0.2) is 113 Å².